The number of hydrogen-bond donors (Lipinski definition) is 1. The standard InChI is InChI=1S/C19H28N4/c1-15-21-18-4-2-3-5-19(18)23(15)17-8-12-22(13-9-17)14-16-6-10-20-11-7-16/h2-5,16-17,20H,6-14H2,1H3. The molecule has 0 saturated carbocycles. The Balaban J connectivity index is 1.41. The van der Waals surface area contributed by atoms with E-state index in [0.717, 1.165) is 11.4 Å². The van der Waals surface area contributed by atoms with Gasteiger partial charge in [0.1, 0.15) is 5.82 Å². The molecule has 1 N–H and O–H groups in total. The van der Waals surface area contributed by atoms with Gasteiger partial charge in [0.25, 0.3) is 0 Å². The van der Waals surface area contributed by atoms with Crippen molar-refractivity contribution >= 4 is 11.0 Å². The third-order valence-electron chi connectivity index (χ3n) is 5.67. The maximum absolute atomic E-state index is 4.74. The van der Waals surface area contributed by atoms with Crippen LogP contribution in [0.1, 0.15) is 37.5 Å². The number of rotatable bonds is 3. The lowest BCUT2D eigenvalue weighted by Crippen LogP contribution is -2.40. The highest BCUT2D eigenvalue weighted by Crippen LogP contribution is 2.29. The van der Waals surface area contributed by atoms with Crippen LogP contribution < -0.4 is 5.32 Å². The zero-order chi connectivity index (χ0) is 15.6. The SMILES string of the molecule is Cc1nc2ccccc2n1C1CCN(CC2CCNCC2)CC1. The van der Waals surface area contributed by atoms with Crippen molar-refractivity contribution in [3.8, 4) is 0 Å². The van der Waals surface area contributed by atoms with Crippen molar-refractivity contribution in [1.29, 1.82) is 0 Å². The second-order valence-electron chi connectivity index (χ2n) is 7.24. The van der Waals surface area contributed by atoms with Gasteiger partial charge in [0.15, 0.2) is 0 Å². The third kappa shape index (κ3) is 3.15. The van der Waals surface area contributed by atoms with E-state index >= 15 is 0 Å². The average molecular weight is 312 g/mol. The first-order valence-corrected chi connectivity index (χ1v) is 9.18. The van der Waals surface area contributed by atoms with E-state index in [2.05, 4.69) is 46.0 Å². The molecule has 0 atom stereocenters. The van der Waals surface area contributed by atoms with Crippen LogP contribution in [0.2, 0.25) is 0 Å². The zero-order valence-corrected chi connectivity index (χ0v) is 14.2. The van der Waals surface area contributed by atoms with Crippen molar-refractivity contribution in [2.45, 2.75) is 38.6 Å². The average Bonchev–Trinajstić information content (AvgIpc) is 2.92. The molecular formula is C19H28N4. The number of hydrogen-bond acceptors (Lipinski definition) is 3. The number of likely N-dealkylation sites (tertiary alicyclic amines) is 1. The van der Waals surface area contributed by atoms with Gasteiger partial charge in [0.05, 0.1) is 11.0 Å². The van der Waals surface area contributed by atoms with Crippen molar-refractivity contribution in [2.75, 3.05) is 32.7 Å². The summed E-state index contributed by atoms with van der Waals surface area (Å²) in [5.74, 6) is 2.08. The monoisotopic (exact) mass is 312 g/mol. The minimum Gasteiger partial charge on any atom is -0.325 e. The molecule has 0 bridgehead atoms. The number of nitrogens with one attached hydrogen (secondary N) is 1. The van der Waals surface area contributed by atoms with Crippen LogP contribution in [-0.2, 0) is 0 Å². The normalized spacial score (nSPS) is 22.0. The molecule has 4 heteroatoms. The van der Waals surface area contributed by atoms with E-state index in [9.17, 15) is 0 Å². The smallest absolute Gasteiger partial charge is 0.106 e. The van der Waals surface area contributed by atoms with Gasteiger partial charge in [-0.25, -0.2) is 4.98 Å². The number of benzene rings is 1. The quantitative estimate of drug-likeness (QED) is 0.946. The second kappa shape index (κ2) is 6.62. The molecule has 2 saturated heterocycles. The minimum atomic E-state index is 0.617. The Bertz CT molecular complexity index is 648. The van der Waals surface area contributed by atoms with Crippen LogP contribution in [0.15, 0.2) is 24.3 Å². The predicted octanol–water partition coefficient (Wildman–Crippen LogP) is 2.98. The molecule has 0 radical (unpaired) electrons. The van der Waals surface area contributed by atoms with Gasteiger partial charge < -0.3 is 14.8 Å². The highest BCUT2D eigenvalue weighted by Gasteiger charge is 2.25. The van der Waals surface area contributed by atoms with Crippen LogP contribution >= 0.6 is 0 Å². The fourth-order valence-electron chi connectivity index (χ4n) is 4.42. The van der Waals surface area contributed by atoms with E-state index in [-0.39, 0.29) is 0 Å². The molecule has 0 amide bonds. The Hall–Kier alpha value is -1.39. The summed E-state index contributed by atoms with van der Waals surface area (Å²) in [6.07, 6.45) is 5.22. The first kappa shape index (κ1) is 15.2. The highest BCUT2D eigenvalue weighted by atomic mass is 15.2. The predicted molar refractivity (Wildman–Crippen MR) is 94.8 cm³/mol. The maximum Gasteiger partial charge on any atom is 0.106 e. The van der Waals surface area contributed by atoms with E-state index in [1.165, 1.54) is 69.7 Å². The number of piperidine rings is 2. The largest absolute Gasteiger partial charge is 0.325 e. The molecule has 0 unspecified atom stereocenters. The highest BCUT2D eigenvalue weighted by molar-refractivity contribution is 5.76. The number of imidazole rings is 1. The van der Waals surface area contributed by atoms with Crippen LogP contribution in [0.25, 0.3) is 11.0 Å². The molecule has 2 fully saturated rings. The molecule has 0 spiro atoms. The molecule has 0 aliphatic carbocycles. The Morgan fingerprint density at radius 2 is 1.83 bits per heavy atom. The van der Waals surface area contributed by atoms with Gasteiger partial charge in [-0.1, -0.05) is 12.1 Å². The summed E-state index contributed by atoms with van der Waals surface area (Å²) >= 11 is 0. The molecule has 124 valence electrons. The number of fused-ring (bicyclic) bond motifs is 1. The van der Waals surface area contributed by atoms with Crippen LogP contribution in [0, 0.1) is 12.8 Å². The van der Waals surface area contributed by atoms with Gasteiger partial charge in [-0.2, -0.15) is 0 Å². The lowest BCUT2D eigenvalue weighted by molar-refractivity contribution is 0.151. The minimum absolute atomic E-state index is 0.617. The second-order valence-corrected chi connectivity index (χ2v) is 7.24. The molecule has 23 heavy (non-hydrogen) atoms. The Morgan fingerprint density at radius 3 is 2.61 bits per heavy atom. The summed E-state index contributed by atoms with van der Waals surface area (Å²) in [4.78, 5) is 7.44. The molecule has 2 aliphatic heterocycles. The fourth-order valence-corrected chi connectivity index (χ4v) is 4.42. The molecule has 3 heterocycles. The lowest BCUT2D eigenvalue weighted by atomic mass is 9.95. The number of para-hydroxylation sites is 2. The number of aryl methyl sites for hydroxylation is 1. The van der Waals surface area contributed by atoms with Crippen molar-refractivity contribution in [2.24, 2.45) is 5.92 Å². The van der Waals surface area contributed by atoms with Gasteiger partial charge in [-0.15, -0.1) is 0 Å². The summed E-state index contributed by atoms with van der Waals surface area (Å²) in [5.41, 5.74) is 2.45. The number of aromatic nitrogens is 2. The molecule has 1 aromatic carbocycles. The first-order chi connectivity index (χ1) is 11.3. The molecule has 1 aromatic heterocycles. The Labute approximate surface area is 138 Å². The van der Waals surface area contributed by atoms with Gasteiger partial charge >= 0.3 is 0 Å². The summed E-state index contributed by atoms with van der Waals surface area (Å²) in [6.45, 7) is 8.35. The van der Waals surface area contributed by atoms with Gasteiger partial charge in [-0.3, -0.25) is 0 Å². The van der Waals surface area contributed by atoms with Gasteiger partial charge in [-0.05, 0) is 63.7 Å². The third-order valence-corrected chi connectivity index (χ3v) is 5.67. The van der Waals surface area contributed by atoms with Crippen LogP contribution in [0.5, 0.6) is 0 Å². The van der Waals surface area contributed by atoms with E-state index in [1.807, 2.05) is 0 Å². The van der Waals surface area contributed by atoms with Crippen LogP contribution in [0.4, 0.5) is 0 Å². The lowest BCUT2D eigenvalue weighted by Gasteiger charge is -2.36. The molecule has 4 nitrogen and oxygen atoms in total. The molecular weight excluding hydrogens is 284 g/mol. The Morgan fingerprint density at radius 1 is 1.09 bits per heavy atom. The van der Waals surface area contributed by atoms with Gasteiger partial charge in [0, 0.05) is 25.7 Å². The fraction of sp³-hybridized carbons (Fsp3) is 0.632. The molecule has 2 aromatic rings. The van der Waals surface area contributed by atoms with E-state index in [4.69, 9.17) is 4.98 Å². The number of nitrogens with zero attached hydrogens (tertiary/aromatic N) is 3. The summed E-state index contributed by atoms with van der Waals surface area (Å²) in [7, 11) is 0. The summed E-state index contributed by atoms with van der Waals surface area (Å²) in [6, 6.07) is 9.18. The maximum atomic E-state index is 4.74. The van der Waals surface area contributed by atoms with Crippen LogP contribution in [0.3, 0.4) is 0 Å². The van der Waals surface area contributed by atoms with Crippen molar-refractivity contribution < 1.29 is 0 Å². The Kier molecular flexibility index (Phi) is 4.36. The van der Waals surface area contributed by atoms with Gasteiger partial charge in [0.2, 0.25) is 0 Å². The first-order valence-electron chi connectivity index (χ1n) is 9.18. The van der Waals surface area contributed by atoms with Crippen molar-refractivity contribution in [3.63, 3.8) is 0 Å². The summed E-state index contributed by atoms with van der Waals surface area (Å²) < 4.78 is 2.48. The van der Waals surface area contributed by atoms with Crippen molar-refractivity contribution in [1.82, 2.24) is 19.8 Å². The van der Waals surface area contributed by atoms with E-state index in [1.54, 1.807) is 0 Å². The zero-order valence-electron chi connectivity index (χ0n) is 14.2. The molecule has 4 rings (SSSR count). The summed E-state index contributed by atoms with van der Waals surface area (Å²) in [5, 5.41) is 3.47. The molecule has 2 aliphatic rings. The van der Waals surface area contributed by atoms with E-state index in [0.29, 0.717) is 6.04 Å². The topological polar surface area (TPSA) is 33.1 Å². The van der Waals surface area contributed by atoms with Crippen molar-refractivity contribution in [3.05, 3.63) is 30.1 Å². The van der Waals surface area contributed by atoms with E-state index < -0.39 is 0 Å². The van der Waals surface area contributed by atoms with Crippen LogP contribution in [-0.4, -0.2) is 47.2 Å².